The summed E-state index contributed by atoms with van der Waals surface area (Å²) in [4.78, 5) is 28.7. The fourth-order valence-corrected chi connectivity index (χ4v) is 3.45. The third-order valence-corrected chi connectivity index (χ3v) is 4.95. The van der Waals surface area contributed by atoms with Crippen LogP contribution in [0.5, 0.6) is 5.88 Å². The molecule has 1 aliphatic carbocycles. The molecule has 3 N–H and O–H groups in total. The van der Waals surface area contributed by atoms with Crippen LogP contribution in [0.1, 0.15) is 36.0 Å². The van der Waals surface area contributed by atoms with Crippen LogP contribution in [0.2, 0.25) is 0 Å². The molecule has 0 spiro atoms. The number of hydrogen-bond donors (Lipinski definition) is 2. The summed E-state index contributed by atoms with van der Waals surface area (Å²) < 4.78 is 5.95. The zero-order valence-electron chi connectivity index (χ0n) is 15.9. The summed E-state index contributed by atoms with van der Waals surface area (Å²) in [6.45, 7) is 0. The highest BCUT2D eigenvalue weighted by Crippen LogP contribution is 2.26. The smallest absolute Gasteiger partial charge is 0.254 e. The van der Waals surface area contributed by atoms with E-state index in [0.717, 1.165) is 36.9 Å². The summed E-state index contributed by atoms with van der Waals surface area (Å²) in [7, 11) is 0. The largest absolute Gasteiger partial charge is 0.474 e. The second-order valence-electron chi connectivity index (χ2n) is 6.96. The van der Waals surface area contributed by atoms with Gasteiger partial charge in [0.2, 0.25) is 11.8 Å². The van der Waals surface area contributed by atoms with Crippen LogP contribution in [0.4, 0.5) is 5.95 Å². The van der Waals surface area contributed by atoms with Crippen LogP contribution >= 0.6 is 0 Å². The highest BCUT2D eigenvalue weighted by molar-refractivity contribution is 5.94. The minimum Gasteiger partial charge on any atom is -0.474 e. The van der Waals surface area contributed by atoms with Crippen LogP contribution in [-0.4, -0.2) is 38.0 Å². The van der Waals surface area contributed by atoms with Crippen molar-refractivity contribution >= 4 is 11.9 Å². The van der Waals surface area contributed by atoms with E-state index in [9.17, 15) is 4.79 Å². The van der Waals surface area contributed by atoms with Crippen molar-refractivity contribution in [2.24, 2.45) is 5.73 Å². The Hall–Kier alpha value is -3.55. The quantitative estimate of drug-likeness (QED) is 0.665. The third-order valence-electron chi connectivity index (χ3n) is 4.95. The number of anilines is 1. The molecule has 0 bridgehead atoms. The molecule has 0 aromatic carbocycles. The van der Waals surface area contributed by atoms with Gasteiger partial charge >= 0.3 is 0 Å². The van der Waals surface area contributed by atoms with Crippen molar-refractivity contribution in [1.82, 2.24) is 19.9 Å². The Balaban J connectivity index is 1.35. The standard InChI is InChI=1S/C21H22N6O2/c22-19(28)17-2-1-10-24-20(17)29-16-5-3-15(4-6-16)26-21-25-13-9-18(27-21)14-7-11-23-12-8-14/h1-2,7-13,15-16H,3-6H2,(H2,22,28)(H,25,26,27)/t15-,16-. The molecule has 1 fully saturated rings. The van der Waals surface area contributed by atoms with Gasteiger partial charge in [0.05, 0.1) is 5.69 Å². The van der Waals surface area contributed by atoms with Crippen LogP contribution in [-0.2, 0) is 0 Å². The first-order chi connectivity index (χ1) is 14.2. The number of carbonyl (C=O) groups excluding carboxylic acids is 1. The molecule has 0 atom stereocenters. The van der Waals surface area contributed by atoms with E-state index in [1.807, 2.05) is 18.2 Å². The summed E-state index contributed by atoms with van der Waals surface area (Å²) in [5.41, 5.74) is 7.57. The van der Waals surface area contributed by atoms with Crippen LogP contribution in [0.3, 0.4) is 0 Å². The van der Waals surface area contributed by atoms with E-state index in [1.165, 1.54) is 0 Å². The molecule has 3 aromatic heterocycles. The molecule has 1 saturated carbocycles. The molecule has 4 rings (SSSR count). The summed E-state index contributed by atoms with van der Waals surface area (Å²) in [6.07, 6.45) is 10.4. The molecule has 3 aromatic rings. The lowest BCUT2D eigenvalue weighted by Gasteiger charge is -2.29. The number of nitrogens with one attached hydrogen (secondary N) is 1. The second kappa shape index (κ2) is 8.64. The highest BCUT2D eigenvalue weighted by atomic mass is 16.5. The molecule has 8 nitrogen and oxygen atoms in total. The van der Waals surface area contributed by atoms with Crippen LogP contribution < -0.4 is 15.8 Å². The molecule has 3 heterocycles. The lowest BCUT2D eigenvalue weighted by Crippen LogP contribution is -2.32. The summed E-state index contributed by atoms with van der Waals surface area (Å²) >= 11 is 0. The van der Waals surface area contributed by atoms with Gasteiger partial charge in [-0.05, 0) is 56.0 Å². The van der Waals surface area contributed by atoms with E-state index in [1.54, 1.807) is 36.9 Å². The number of aromatic nitrogens is 4. The molecule has 0 aliphatic heterocycles. The maximum Gasteiger partial charge on any atom is 0.254 e. The Bertz CT molecular complexity index is 974. The predicted molar refractivity (Wildman–Crippen MR) is 108 cm³/mol. The van der Waals surface area contributed by atoms with Gasteiger partial charge in [0.15, 0.2) is 0 Å². The minimum absolute atomic E-state index is 0.00474. The predicted octanol–water partition coefficient (Wildman–Crippen LogP) is 2.83. The minimum atomic E-state index is -0.533. The van der Waals surface area contributed by atoms with Gasteiger partial charge in [0.25, 0.3) is 5.91 Å². The molecule has 1 aliphatic rings. The van der Waals surface area contributed by atoms with Crippen LogP contribution in [0.15, 0.2) is 55.1 Å². The first-order valence-corrected chi connectivity index (χ1v) is 9.60. The number of pyridine rings is 2. The average Bonchev–Trinajstić information content (AvgIpc) is 2.76. The number of nitrogens with zero attached hydrogens (tertiary/aromatic N) is 4. The van der Waals surface area contributed by atoms with E-state index in [0.29, 0.717) is 17.4 Å². The number of nitrogens with two attached hydrogens (primary N) is 1. The van der Waals surface area contributed by atoms with Gasteiger partial charge in [-0.2, -0.15) is 0 Å². The molecular weight excluding hydrogens is 368 g/mol. The fourth-order valence-electron chi connectivity index (χ4n) is 3.45. The SMILES string of the molecule is NC(=O)c1cccnc1O[C@H]1CC[C@H](Nc2nccc(-c3ccncc3)n2)CC1. The monoisotopic (exact) mass is 390 g/mol. The fraction of sp³-hybridized carbons (Fsp3) is 0.286. The van der Waals surface area contributed by atoms with Gasteiger partial charge in [-0.25, -0.2) is 15.0 Å². The van der Waals surface area contributed by atoms with Gasteiger partial charge in [-0.3, -0.25) is 9.78 Å². The van der Waals surface area contributed by atoms with Crippen molar-refractivity contribution in [2.45, 2.75) is 37.8 Å². The number of rotatable bonds is 6. The molecule has 29 heavy (non-hydrogen) atoms. The number of primary amides is 1. The normalized spacial score (nSPS) is 18.8. The third kappa shape index (κ3) is 4.66. The van der Waals surface area contributed by atoms with Crippen molar-refractivity contribution in [3.8, 4) is 17.1 Å². The molecule has 148 valence electrons. The van der Waals surface area contributed by atoms with E-state index in [-0.39, 0.29) is 12.1 Å². The number of ether oxygens (including phenoxy) is 1. The molecule has 8 heteroatoms. The van der Waals surface area contributed by atoms with Crippen molar-refractivity contribution in [3.63, 3.8) is 0 Å². The van der Waals surface area contributed by atoms with Gasteiger partial charge < -0.3 is 15.8 Å². The maximum atomic E-state index is 11.5. The van der Waals surface area contributed by atoms with Crippen LogP contribution in [0.25, 0.3) is 11.3 Å². The number of carbonyl (C=O) groups is 1. The van der Waals surface area contributed by atoms with Crippen molar-refractivity contribution < 1.29 is 9.53 Å². The summed E-state index contributed by atoms with van der Waals surface area (Å²) in [6, 6.07) is 9.30. The molecule has 0 radical (unpaired) electrons. The molecule has 0 unspecified atom stereocenters. The number of hydrogen-bond acceptors (Lipinski definition) is 7. The van der Waals surface area contributed by atoms with E-state index in [2.05, 4.69) is 25.3 Å². The summed E-state index contributed by atoms with van der Waals surface area (Å²) in [5, 5.41) is 3.42. The lowest BCUT2D eigenvalue weighted by molar-refractivity contribution is 0.0983. The van der Waals surface area contributed by atoms with Gasteiger partial charge in [-0.1, -0.05) is 0 Å². The zero-order chi connectivity index (χ0) is 20.1. The van der Waals surface area contributed by atoms with Gasteiger partial charge in [0.1, 0.15) is 11.7 Å². The topological polar surface area (TPSA) is 116 Å². The average molecular weight is 390 g/mol. The van der Waals surface area contributed by atoms with Crippen LogP contribution in [0, 0.1) is 0 Å². The lowest BCUT2D eigenvalue weighted by atomic mass is 9.93. The van der Waals surface area contributed by atoms with E-state index < -0.39 is 5.91 Å². The Morgan fingerprint density at radius 2 is 1.79 bits per heavy atom. The van der Waals surface area contributed by atoms with Gasteiger partial charge in [0, 0.05) is 36.4 Å². The Morgan fingerprint density at radius 1 is 1.00 bits per heavy atom. The van der Waals surface area contributed by atoms with Crippen molar-refractivity contribution in [1.29, 1.82) is 0 Å². The Labute approximate surface area is 168 Å². The van der Waals surface area contributed by atoms with E-state index in [4.69, 9.17) is 10.5 Å². The van der Waals surface area contributed by atoms with E-state index >= 15 is 0 Å². The Kier molecular flexibility index (Phi) is 5.60. The zero-order valence-corrected chi connectivity index (χ0v) is 15.9. The maximum absolute atomic E-state index is 11.5. The molecule has 1 amide bonds. The molecule has 0 saturated heterocycles. The first kappa shape index (κ1) is 18.8. The summed E-state index contributed by atoms with van der Waals surface area (Å²) in [5.74, 6) is 0.392. The highest BCUT2D eigenvalue weighted by Gasteiger charge is 2.24. The number of amides is 1. The van der Waals surface area contributed by atoms with Crippen molar-refractivity contribution in [3.05, 3.63) is 60.7 Å². The molecular formula is C21H22N6O2. The van der Waals surface area contributed by atoms with Crippen molar-refractivity contribution in [2.75, 3.05) is 5.32 Å². The van der Waals surface area contributed by atoms with Gasteiger partial charge in [-0.15, -0.1) is 0 Å². The Morgan fingerprint density at radius 3 is 2.55 bits per heavy atom. The first-order valence-electron chi connectivity index (χ1n) is 9.60. The second-order valence-corrected chi connectivity index (χ2v) is 6.96.